The zero-order valence-corrected chi connectivity index (χ0v) is 19.0. The molecule has 6 heteroatoms. The summed E-state index contributed by atoms with van der Waals surface area (Å²) in [6, 6.07) is 5.76. The first-order valence-corrected chi connectivity index (χ1v) is 12.3. The molecule has 0 aliphatic rings. The Morgan fingerprint density at radius 2 is 1.74 bits per heavy atom. The first kappa shape index (κ1) is 23.2. The third kappa shape index (κ3) is 7.37. The molecule has 0 fully saturated rings. The van der Waals surface area contributed by atoms with Crippen molar-refractivity contribution in [1.29, 1.82) is 0 Å². The molecule has 1 rings (SSSR count). The number of rotatable bonds is 9. The van der Waals surface area contributed by atoms with Crippen LogP contribution in [0.3, 0.4) is 0 Å². The lowest BCUT2D eigenvalue weighted by Gasteiger charge is -2.36. The molecule has 1 aromatic carbocycles. The average Bonchev–Trinajstić information content (AvgIpc) is 2.51. The van der Waals surface area contributed by atoms with Crippen molar-refractivity contribution < 1.29 is 23.5 Å². The summed E-state index contributed by atoms with van der Waals surface area (Å²) in [5, 5.41) is 0.0910. The Morgan fingerprint density at radius 1 is 1.11 bits per heavy atom. The van der Waals surface area contributed by atoms with Crippen molar-refractivity contribution in [2.75, 3.05) is 7.11 Å². The van der Waals surface area contributed by atoms with Crippen LogP contribution < -0.4 is 9.16 Å². The Balaban J connectivity index is 2.75. The van der Waals surface area contributed by atoms with Gasteiger partial charge in [0.05, 0.1) is 13.2 Å². The van der Waals surface area contributed by atoms with E-state index in [1.165, 1.54) is 0 Å². The summed E-state index contributed by atoms with van der Waals surface area (Å²) in [6.07, 6.45) is 0.452. The Bertz CT molecular complexity index is 659. The smallest absolute Gasteiger partial charge is 0.313 e. The Labute approximate surface area is 164 Å². The minimum atomic E-state index is -1.96. The highest BCUT2D eigenvalue weighted by molar-refractivity contribution is 6.74. The zero-order valence-electron chi connectivity index (χ0n) is 18.0. The number of methoxy groups -OCH3 is 1. The predicted molar refractivity (Wildman–Crippen MR) is 110 cm³/mol. The van der Waals surface area contributed by atoms with Gasteiger partial charge in [0.15, 0.2) is 5.75 Å². The molecule has 0 amide bonds. The molecule has 0 atom stereocenters. The van der Waals surface area contributed by atoms with E-state index in [-0.39, 0.29) is 23.3 Å². The number of esters is 1. The molecule has 0 aliphatic heterocycles. The Morgan fingerprint density at radius 3 is 2.26 bits per heavy atom. The van der Waals surface area contributed by atoms with E-state index < -0.39 is 14.3 Å². The van der Waals surface area contributed by atoms with Crippen LogP contribution in [0, 0.1) is 0 Å². The maximum atomic E-state index is 12.0. The lowest BCUT2D eigenvalue weighted by molar-refractivity contribution is -0.149. The van der Waals surface area contributed by atoms with Crippen molar-refractivity contribution >= 4 is 20.1 Å². The van der Waals surface area contributed by atoms with E-state index in [0.29, 0.717) is 18.6 Å². The number of ether oxygens (including phenoxy) is 2. The summed E-state index contributed by atoms with van der Waals surface area (Å²) in [4.78, 5) is 23.5. The van der Waals surface area contributed by atoms with Gasteiger partial charge in [-0.1, -0.05) is 26.8 Å². The van der Waals surface area contributed by atoms with Crippen LogP contribution >= 0.6 is 0 Å². The van der Waals surface area contributed by atoms with Gasteiger partial charge in [-0.2, -0.15) is 0 Å². The molecular weight excluding hydrogens is 360 g/mol. The van der Waals surface area contributed by atoms with E-state index in [2.05, 4.69) is 33.9 Å². The maximum Gasteiger partial charge on any atom is 0.313 e. The van der Waals surface area contributed by atoms with Gasteiger partial charge in [-0.25, -0.2) is 0 Å². The van der Waals surface area contributed by atoms with Crippen LogP contribution in [-0.2, 0) is 20.7 Å². The fourth-order valence-corrected chi connectivity index (χ4v) is 3.24. The number of Topliss-reactive ketones (excluding diaryl/α,β-unsaturated/α-hetero) is 1. The van der Waals surface area contributed by atoms with Crippen molar-refractivity contribution in [1.82, 2.24) is 0 Å². The number of carbonyl (C=O) groups is 2. The largest absolute Gasteiger partial charge is 0.541 e. The fraction of sp³-hybridized carbons (Fsp3) is 0.619. The predicted octanol–water partition coefficient (Wildman–Crippen LogP) is 4.92. The second-order valence-corrected chi connectivity index (χ2v) is 13.3. The standard InChI is InChI=1S/C21H34O5Si/c1-15(2)25-20(23)14-17(22)11-9-16-10-12-18(19(13-16)24-6)26-27(7,8)21(3,4)5/h10,12-13,15H,9,11,14H2,1-8H3. The van der Waals surface area contributed by atoms with Crippen molar-refractivity contribution in [3.05, 3.63) is 23.8 Å². The van der Waals surface area contributed by atoms with Crippen molar-refractivity contribution in [3.8, 4) is 11.5 Å². The topological polar surface area (TPSA) is 61.8 Å². The summed E-state index contributed by atoms with van der Waals surface area (Å²) < 4.78 is 16.8. The van der Waals surface area contributed by atoms with Gasteiger partial charge in [0, 0.05) is 6.42 Å². The zero-order chi connectivity index (χ0) is 20.8. The van der Waals surface area contributed by atoms with Crippen LogP contribution in [0.25, 0.3) is 0 Å². The molecule has 1 aromatic rings. The molecule has 152 valence electrons. The number of benzene rings is 1. The molecule has 0 radical (unpaired) electrons. The van der Waals surface area contributed by atoms with Gasteiger partial charge in [0.2, 0.25) is 0 Å². The van der Waals surface area contributed by atoms with Crippen LogP contribution in [0.1, 0.15) is 53.0 Å². The number of aryl methyl sites for hydroxylation is 1. The molecule has 0 unspecified atom stereocenters. The molecule has 0 aromatic heterocycles. The van der Waals surface area contributed by atoms with Gasteiger partial charge < -0.3 is 13.9 Å². The van der Waals surface area contributed by atoms with E-state index >= 15 is 0 Å². The molecule has 0 N–H and O–H groups in total. The normalized spacial score (nSPS) is 12.0. The third-order valence-corrected chi connectivity index (χ3v) is 9.14. The first-order chi connectivity index (χ1) is 12.4. The Kier molecular flexibility index (Phi) is 8.08. The molecule has 0 heterocycles. The van der Waals surface area contributed by atoms with Crippen LogP contribution in [-0.4, -0.2) is 33.3 Å². The average molecular weight is 395 g/mol. The quantitative estimate of drug-likeness (QED) is 0.338. The molecule has 0 saturated carbocycles. The molecule has 0 saturated heterocycles. The van der Waals surface area contributed by atoms with Crippen molar-refractivity contribution in [2.45, 2.75) is 78.1 Å². The monoisotopic (exact) mass is 394 g/mol. The highest BCUT2D eigenvalue weighted by atomic mass is 28.4. The van der Waals surface area contributed by atoms with Crippen LogP contribution in [0.5, 0.6) is 11.5 Å². The number of hydrogen-bond donors (Lipinski definition) is 0. The van der Waals surface area contributed by atoms with E-state index in [9.17, 15) is 9.59 Å². The molecule has 0 bridgehead atoms. The van der Waals surface area contributed by atoms with Crippen molar-refractivity contribution in [2.24, 2.45) is 0 Å². The molecule has 5 nitrogen and oxygen atoms in total. The van der Waals surface area contributed by atoms with Crippen LogP contribution in [0.2, 0.25) is 18.1 Å². The summed E-state index contributed by atoms with van der Waals surface area (Å²) >= 11 is 0. The van der Waals surface area contributed by atoms with Crippen LogP contribution in [0.15, 0.2) is 18.2 Å². The highest BCUT2D eigenvalue weighted by Crippen LogP contribution is 2.40. The fourth-order valence-electron chi connectivity index (χ4n) is 2.22. The minimum absolute atomic E-state index is 0.0910. The summed E-state index contributed by atoms with van der Waals surface area (Å²) in [7, 11) is -0.349. The highest BCUT2D eigenvalue weighted by Gasteiger charge is 2.39. The maximum absolute atomic E-state index is 12.0. The second kappa shape index (κ2) is 9.40. The van der Waals surface area contributed by atoms with E-state index in [4.69, 9.17) is 13.9 Å². The SMILES string of the molecule is COc1cc(CCC(=O)CC(=O)OC(C)C)ccc1O[Si](C)(C)C(C)(C)C. The van der Waals surface area contributed by atoms with Gasteiger partial charge in [0.1, 0.15) is 18.0 Å². The summed E-state index contributed by atoms with van der Waals surface area (Å²) in [5.74, 6) is 0.815. The Hall–Kier alpha value is -1.82. The molecule has 0 spiro atoms. The van der Waals surface area contributed by atoms with E-state index in [1.54, 1.807) is 21.0 Å². The number of hydrogen-bond acceptors (Lipinski definition) is 5. The third-order valence-electron chi connectivity index (χ3n) is 4.80. The lowest BCUT2D eigenvalue weighted by atomic mass is 10.1. The van der Waals surface area contributed by atoms with Gasteiger partial charge in [-0.05, 0) is 56.1 Å². The number of ketones is 1. The van der Waals surface area contributed by atoms with Crippen molar-refractivity contribution in [3.63, 3.8) is 0 Å². The molecule has 27 heavy (non-hydrogen) atoms. The first-order valence-electron chi connectivity index (χ1n) is 9.43. The summed E-state index contributed by atoms with van der Waals surface area (Å²) in [6.45, 7) is 14.5. The number of carbonyl (C=O) groups excluding carboxylic acids is 2. The van der Waals surface area contributed by atoms with Gasteiger partial charge in [-0.15, -0.1) is 0 Å². The molecule has 0 aliphatic carbocycles. The van der Waals surface area contributed by atoms with Gasteiger partial charge in [0.25, 0.3) is 8.32 Å². The minimum Gasteiger partial charge on any atom is -0.541 e. The summed E-state index contributed by atoms with van der Waals surface area (Å²) in [5.41, 5.74) is 0.972. The molecular formula is C21H34O5Si. The second-order valence-electron chi connectivity index (χ2n) is 8.60. The van der Waals surface area contributed by atoms with Crippen LogP contribution in [0.4, 0.5) is 0 Å². The van der Waals surface area contributed by atoms with Gasteiger partial charge in [-0.3, -0.25) is 9.59 Å². The van der Waals surface area contributed by atoms with E-state index in [0.717, 1.165) is 11.3 Å². The lowest BCUT2D eigenvalue weighted by Crippen LogP contribution is -2.43. The van der Waals surface area contributed by atoms with E-state index in [1.807, 2.05) is 18.2 Å². The van der Waals surface area contributed by atoms with Gasteiger partial charge >= 0.3 is 5.97 Å².